The second-order valence-electron chi connectivity index (χ2n) is 8.07. The van der Waals surface area contributed by atoms with Crippen molar-refractivity contribution in [3.8, 4) is 0 Å². The Morgan fingerprint density at radius 2 is 1.89 bits per heavy atom. The van der Waals surface area contributed by atoms with Gasteiger partial charge in [0.2, 0.25) is 5.95 Å². The Morgan fingerprint density at radius 1 is 1.15 bits per heavy atom. The van der Waals surface area contributed by atoms with Crippen LogP contribution in [0.1, 0.15) is 49.6 Å². The van der Waals surface area contributed by atoms with E-state index in [2.05, 4.69) is 55.7 Å². The van der Waals surface area contributed by atoms with Gasteiger partial charge in [0.1, 0.15) is 0 Å². The summed E-state index contributed by atoms with van der Waals surface area (Å²) in [5.41, 5.74) is 5.40. The maximum absolute atomic E-state index is 13.1. The van der Waals surface area contributed by atoms with E-state index in [0.29, 0.717) is 19.0 Å². The standard InChI is InChI=1S/C22H32N4O/c1-7-19-18(6)23-22-25(20-10-8-9-16(4)17(20)5)13-24(12-11-15(2)3)14-26(22)21(19)27/h8-10,15H,7,11-14H2,1-6H3. The zero-order valence-corrected chi connectivity index (χ0v) is 17.5. The van der Waals surface area contributed by atoms with Gasteiger partial charge in [-0.25, -0.2) is 4.98 Å². The largest absolute Gasteiger partial charge is 0.298 e. The van der Waals surface area contributed by atoms with Crippen LogP contribution in [0.2, 0.25) is 0 Å². The maximum Gasteiger partial charge on any atom is 0.259 e. The quantitative estimate of drug-likeness (QED) is 0.795. The first-order valence-corrected chi connectivity index (χ1v) is 9.99. The number of hydrogen-bond acceptors (Lipinski definition) is 4. The molecule has 0 aliphatic carbocycles. The molecule has 5 heteroatoms. The molecule has 0 amide bonds. The molecule has 0 spiro atoms. The Hall–Kier alpha value is -2.14. The van der Waals surface area contributed by atoms with Gasteiger partial charge in [0.15, 0.2) is 0 Å². The summed E-state index contributed by atoms with van der Waals surface area (Å²) >= 11 is 0. The van der Waals surface area contributed by atoms with Gasteiger partial charge in [0.05, 0.1) is 13.3 Å². The summed E-state index contributed by atoms with van der Waals surface area (Å²) < 4.78 is 1.86. The number of aromatic nitrogens is 2. The van der Waals surface area contributed by atoms with Crippen LogP contribution in [0.15, 0.2) is 23.0 Å². The minimum atomic E-state index is 0.101. The predicted octanol–water partition coefficient (Wildman–Crippen LogP) is 4.15. The van der Waals surface area contributed by atoms with Gasteiger partial charge in [-0.3, -0.25) is 19.2 Å². The normalized spacial score (nSPS) is 14.7. The predicted molar refractivity (Wildman–Crippen MR) is 112 cm³/mol. The third kappa shape index (κ3) is 3.79. The number of benzene rings is 1. The Labute approximate surface area is 162 Å². The Balaban J connectivity index is 2.13. The van der Waals surface area contributed by atoms with Crippen LogP contribution in [0.4, 0.5) is 11.6 Å². The second-order valence-corrected chi connectivity index (χ2v) is 8.07. The van der Waals surface area contributed by atoms with Gasteiger partial charge in [-0.1, -0.05) is 32.9 Å². The van der Waals surface area contributed by atoms with E-state index >= 15 is 0 Å². The zero-order valence-electron chi connectivity index (χ0n) is 17.5. The van der Waals surface area contributed by atoms with Gasteiger partial charge in [0, 0.05) is 23.5 Å². The number of fused-ring (bicyclic) bond motifs is 1. The number of aryl methyl sites for hydroxylation is 2. The molecule has 1 aliphatic rings. The molecule has 1 aliphatic heterocycles. The first-order chi connectivity index (χ1) is 12.8. The minimum absolute atomic E-state index is 0.101. The number of anilines is 2. The molecule has 0 radical (unpaired) electrons. The molecule has 27 heavy (non-hydrogen) atoms. The summed E-state index contributed by atoms with van der Waals surface area (Å²) in [6.45, 7) is 15.1. The van der Waals surface area contributed by atoms with Crippen LogP contribution in [0.3, 0.4) is 0 Å². The molecule has 3 rings (SSSR count). The lowest BCUT2D eigenvalue weighted by molar-refractivity contribution is 0.188. The lowest BCUT2D eigenvalue weighted by atomic mass is 10.1. The van der Waals surface area contributed by atoms with Crippen LogP contribution < -0.4 is 10.5 Å². The maximum atomic E-state index is 13.1. The molecule has 1 aromatic carbocycles. The molecule has 146 valence electrons. The molecule has 2 heterocycles. The first kappa shape index (κ1) is 19.6. The van der Waals surface area contributed by atoms with Crippen LogP contribution in [-0.2, 0) is 13.1 Å². The van der Waals surface area contributed by atoms with Crippen LogP contribution >= 0.6 is 0 Å². The third-order valence-corrected chi connectivity index (χ3v) is 5.62. The van der Waals surface area contributed by atoms with Gasteiger partial charge >= 0.3 is 0 Å². The van der Waals surface area contributed by atoms with Crippen LogP contribution in [0.5, 0.6) is 0 Å². The lowest BCUT2D eigenvalue weighted by Crippen LogP contribution is -2.48. The topological polar surface area (TPSA) is 41.4 Å². The summed E-state index contributed by atoms with van der Waals surface area (Å²) in [4.78, 5) is 22.6. The van der Waals surface area contributed by atoms with E-state index in [1.54, 1.807) is 0 Å². The fraction of sp³-hybridized carbons (Fsp3) is 0.545. The Morgan fingerprint density at radius 3 is 2.56 bits per heavy atom. The first-order valence-electron chi connectivity index (χ1n) is 9.99. The molecule has 0 bridgehead atoms. The molecular weight excluding hydrogens is 336 g/mol. The summed E-state index contributed by atoms with van der Waals surface area (Å²) in [6, 6.07) is 6.35. The monoisotopic (exact) mass is 368 g/mol. The highest BCUT2D eigenvalue weighted by atomic mass is 16.1. The van der Waals surface area contributed by atoms with Gasteiger partial charge < -0.3 is 0 Å². The number of hydrogen-bond donors (Lipinski definition) is 0. The van der Waals surface area contributed by atoms with Crippen LogP contribution in [0.25, 0.3) is 0 Å². The molecule has 2 aromatic rings. The van der Waals surface area contributed by atoms with E-state index in [4.69, 9.17) is 4.98 Å². The molecule has 5 nitrogen and oxygen atoms in total. The smallest absolute Gasteiger partial charge is 0.259 e. The molecule has 1 aromatic heterocycles. The molecule has 0 saturated heterocycles. The molecular formula is C22H32N4O. The van der Waals surface area contributed by atoms with Gasteiger partial charge in [-0.2, -0.15) is 0 Å². The van der Waals surface area contributed by atoms with Gasteiger partial charge in [0.25, 0.3) is 5.56 Å². The van der Waals surface area contributed by atoms with Crippen molar-refractivity contribution in [1.82, 2.24) is 14.5 Å². The third-order valence-electron chi connectivity index (χ3n) is 5.62. The van der Waals surface area contributed by atoms with Gasteiger partial charge in [-0.05, 0) is 56.7 Å². The van der Waals surface area contributed by atoms with E-state index in [9.17, 15) is 4.79 Å². The second kappa shape index (κ2) is 7.85. The highest BCUT2D eigenvalue weighted by molar-refractivity contribution is 5.64. The summed E-state index contributed by atoms with van der Waals surface area (Å²) in [5, 5.41) is 0. The SMILES string of the molecule is CCc1c(C)nc2n(c1=O)CN(CCC(C)C)CN2c1cccc(C)c1C. The van der Waals surface area contributed by atoms with Crippen molar-refractivity contribution >= 4 is 11.6 Å². The minimum Gasteiger partial charge on any atom is -0.298 e. The summed E-state index contributed by atoms with van der Waals surface area (Å²) in [5.74, 6) is 1.41. The number of rotatable bonds is 5. The van der Waals surface area contributed by atoms with E-state index in [1.165, 1.54) is 11.1 Å². The fourth-order valence-electron chi connectivity index (χ4n) is 3.73. The van der Waals surface area contributed by atoms with Crippen molar-refractivity contribution in [3.63, 3.8) is 0 Å². The van der Waals surface area contributed by atoms with E-state index in [-0.39, 0.29) is 5.56 Å². The van der Waals surface area contributed by atoms with E-state index in [0.717, 1.165) is 42.5 Å². The van der Waals surface area contributed by atoms with Crippen molar-refractivity contribution in [3.05, 3.63) is 50.9 Å². The van der Waals surface area contributed by atoms with Crippen LogP contribution in [0, 0.1) is 26.7 Å². The van der Waals surface area contributed by atoms with Crippen molar-refractivity contribution in [1.29, 1.82) is 0 Å². The highest BCUT2D eigenvalue weighted by Crippen LogP contribution is 2.31. The van der Waals surface area contributed by atoms with Crippen molar-refractivity contribution in [2.75, 3.05) is 18.1 Å². The van der Waals surface area contributed by atoms with Crippen molar-refractivity contribution in [2.45, 2.75) is 61.1 Å². The van der Waals surface area contributed by atoms with E-state index < -0.39 is 0 Å². The van der Waals surface area contributed by atoms with Crippen LogP contribution in [-0.4, -0.2) is 27.7 Å². The molecule has 0 atom stereocenters. The molecule has 0 unspecified atom stereocenters. The Kier molecular flexibility index (Phi) is 5.70. The average Bonchev–Trinajstić information content (AvgIpc) is 2.62. The summed E-state index contributed by atoms with van der Waals surface area (Å²) in [7, 11) is 0. The molecule has 0 fully saturated rings. The average molecular weight is 369 g/mol. The van der Waals surface area contributed by atoms with Crippen molar-refractivity contribution < 1.29 is 0 Å². The Bertz CT molecular complexity index is 885. The number of nitrogens with zero attached hydrogens (tertiary/aromatic N) is 4. The molecule has 0 saturated carbocycles. The fourth-order valence-corrected chi connectivity index (χ4v) is 3.73. The zero-order chi connectivity index (χ0) is 19.7. The highest BCUT2D eigenvalue weighted by Gasteiger charge is 2.28. The van der Waals surface area contributed by atoms with E-state index in [1.807, 2.05) is 18.4 Å². The lowest BCUT2D eigenvalue weighted by Gasteiger charge is -2.39. The molecule has 0 N–H and O–H groups in total. The van der Waals surface area contributed by atoms with Crippen molar-refractivity contribution in [2.24, 2.45) is 5.92 Å². The van der Waals surface area contributed by atoms with Gasteiger partial charge in [-0.15, -0.1) is 0 Å². The summed E-state index contributed by atoms with van der Waals surface area (Å²) in [6.07, 6.45) is 1.83.